The molecule has 0 radical (unpaired) electrons. The van der Waals surface area contributed by atoms with Gasteiger partial charge in [0.2, 0.25) is 0 Å². The molecule has 5 aromatic rings. The molecule has 6 nitrogen and oxygen atoms in total. The molecule has 8 heteroatoms. The average molecular weight is 430 g/mol. The van der Waals surface area contributed by atoms with Gasteiger partial charge in [0, 0.05) is 67.5 Å². The first-order chi connectivity index (χ1) is 15.7. The molecule has 2 N–H and O–H groups in total. The monoisotopic (exact) mass is 430 g/mol. The van der Waals surface area contributed by atoms with Gasteiger partial charge >= 0.3 is 0 Å². The highest BCUT2D eigenvalue weighted by atomic mass is 19.2. The molecule has 0 saturated carbocycles. The summed E-state index contributed by atoms with van der Waals surface area (Å²) < 4.78 is 31.0. The highest BCUT2D eigenvalue weighted by Crippen LogP contribution is 2.34. The Labute approximate surface area is 182 Å². The molecule has 1 fully saturated rings. The highest BCUT2D eigenvalue weighted by molar-refractivity contribution is 5.96. The molecule has 0 aliphatic carbocycles. The minimum atomic E-state index is -0.850. The number of nitrogens with zero attached hydrogens (tertiary/aromatic N) is 4. The summed E-state index contributed by atoms with van der Waals surface area (Å²) in [5.74, 6) is -1.65. The number of hydrogen-bond donors (Lipinski definition) is 2. The predicted octanol–water partition coefficient (Wildman–Crippen LogP) is 4.23. The van der Waals surface area contributed by atoms with Gasteiger partial charge in [-0.3, -0.25) is 0 Å². The van der Waals surface area contributed by atoms with Gasteiger partial charge in [-0.15, -0.1) is 0 Å². The third-order valence-electron chi connectivity index (χ3n) is 6.04. The van der Waals surface area contributed by atoms with Gasteiger partial charge in [-0.05, 0) is 47.5 Å². The summed E-state index contributed by atoms with van der Waals surface area (Å²) in [4.78, 5) is 9.63. The van der Waals surface area contributed by atoms with E-state index < -0.39 is 11.6 Å². The third-order valence-corrected chi connectivity index (χ3v) is 6.04. The van der Waals surface area contributed by atoms with Crippen LogP contribution in [-0.2, 0) is 0 Å². The summed E-state index contributed by atoms with van der Waals surface area (Å²) in [6.45, 7) is 2.76. The van der Waals surface area contributed by atoms with E-state index in [1.807, 2.05) is 35.5 Å². The number of anilines is 1. The maximum absolute atomic E-state index is 14.6. The third kappa shape index (κ3) is 3.11. The largest absolute Gasteiger partial charge is 0.367 e. The van der Waals surface area contributed by atoms with Crippen LogP contribution in [0.5, 0.6) is 0 Å². The number of piperazine rings is 1. The number of halogens is 2. The average Bonchev–Trinajstić information content (AvgIpc) is 3.47. The van der Waals surface area contributed by atoms with E-state index in [1.54, 1.807) is 23.0 Å². The van der Waals surface area contributed by atoms with Gasteiger partial charge in [-0.25, -0.2) is 18.3 Å². The first-order valence-electron chi connectivity index (χ1n) is 10.5. The second-order valence-corrected chi connectivity index (χ2v) is 7.97. The van der Waals surface area contributed by atoms with Crippen molar-refractivity contribution in [3.8, 4) is 22.3 Å². The summed E-state index contributed by atoms with van der Waals surface area (Å²) in [5.41, 5.74) is 5.37. The molecule has 1 saturated heterocycles. The minimum Gasteiger partial charge on any atom is -0.367 e. The van der Waals surface area contributed by atoms with Crippen LogP contribution >= 0.6 is 0 Å². The lowest BCUT2D eigenvalue weighted by Crippen LogP contribution is -2.44. The summed E-state index contributed by atoms with van der Waals surface area (Å²) >= 11 is 0. The fourth-order valence-corrected chi connectivity index (χ4v) is 4.37. The van der Waals surface area contributed by atoms with E-state index in [0.717, 1.165) is 46.3 Å². The minimum absolute atomic E-state index is 0.294. The summed E-state index contributed by atoms with van der Waals surface area (Å²) in [6, 6.07) is 10.9. The van der Waals surface area contributed by atoms with Crippen LogP contribution in [0.25, 0.3) is 38.8 Å². The molecular formula is C24H20F2N6. The van der Waals surface area contributed by atoms with Gasteiger partial charge in [0.1, 0.15) is 5.65 Å². The van der Waals surface area contributed by atoms with E-state index >= 15 is 0 Å². The van der Waals surface area contributed by atoms with Crippen LogP contribution in [0.1, 0.15) is 0 Å². The van der Waals surface area contributed by atoms with Crippen LogP contribution in [0, 0.1) is 11.6 Å². The molecule has 6 rings (SSSR count). The van der Waals surface area contributed by atoms with Crippen molar-refractivity contribution in [1.29, 1.82) is 0 Å². The Morgan fingerprint density at radius 2 is 1.81 bits per heavy atom. The molecular weight excluding hydrogens is 410 g/mol. The van der Waals surface area contributed by atoms with Crippen LogP contribution < -0.4 is 10.2 Å². The Kier molecular flexibility index (Phi) is 4.39. The Balaban J connectivity index is 1.46. The van der Waals surface area contributed by atoms with Gasteiger partial charge in [0.25, 0.3) is 0 Å². The molecule has 0 spiro atoms. The molecule has 1 aliphatic rings. The second kappa shape index (κ2) is 7.42. The number of fused-ring (bicyclic) bond motifs is 2. The SMILES string of the molecule is Fc1cc(-c2cnc3[nH]cc(-c4ccn5nccc5c4)c3c2)cc(N2CCNCC2)c1F. The maximum Gasteiger partial charge on any atom is 0.182 e. The van der Waals surface area contributed by atoms with Crippen LogP contribution in [0.4, 0.5) is 14.5 Å². The number of pyridine rings is 2. The number of nitrogens with one attached hydrogen (secondary N) is 2. The molecule has 1 aromatic carbocycles. The number of benzene rings is 1. The first kappa shape index (κ1) is 18.9. The van der Waals surface area contributed by atoms with Gasteiger partial charge in [-0.2, -0.15) is 5.10 Å². The Morgan fingerprint density at radius 1 is 0.938 bits per heavy atom. The van der Waals surface area contributed by atoms with E-state index in [0.29, 0.717) is 24.3 Å². The molecule has 0 amide bonds. The molecule has 0 atom stereocenters. The van der Waals surface area contributed by atoms with E-state index in [-0.39, 0.29) is 0 Å². The van der Waals surface area contributed by atoms with Crippen molar-refractivity contribution in [1.82, 2.24) is 24.9 Å². The molecule has 0 bridgehead atoms. The zero-order valence-corrected chi connectivity index (χ0v) is 17.1. The zero-order chi connectivity index (χ0) is 21.7. The smallest absolute Gasteiger partial charge is 0.182 e. The lowest BCUT2D eigenvalue weighted by molar-refractivity contribution is 0.500. The summed E-state index contributed by atoms with van der Waals surface area (Å²) in [5, 5.41) is 8.39. The second-order valence-electron chi connectivity index (χ2n) is 7.97. The molecule has 4 aromatic heterocycles. The van der Waals surface area contributed by atoms with E-state index in [1.165, 1.54) is 6.07 Å². The topological polar surface area (TPSA) is 61.3 Å². The van der Waals surface area contributed by atoms with E-state index in [4.69, 9.17) is 0 Å². The highest BCUT2D eigenvalue weighted by Gasteiger charge is 2.20. The number of aromatic nitrogens is 4. The zero-order valence-electron chi connectivity index (χ0n) is 17.1. The lowest BCUT2D eigenvalue weighted by Gasteiger charge is -2.30. The fraction of sp³-hybridized carbons (Fsp3) is 0.167. The van der Waals surface area contributed by atoms with Crippen LogP contribution in [0.2, 0.25) is 0 Å². The number of aromatic amines is 1. The Bertz CT molecular complexity index is 1450. The predicted molar refractivity (Wildman–Crippen MR) is 121 cm³/mol. The van der Waals surface area contributed by atoms with Crippen molar-refractivity contribution in [2.45, 2.75) is 0 Å². The molecule has 32 heavy (non-hydrogen) atoms. The van der Waals surface area contributed by atoms with E-state index in [2.05, 4.69) is 26.4 Å². The van der Waals surface area contributed by atoms with Crippen molar-refractivity contribution in [2.24, 2.45) is 0 Å². The number of hydrogen-bond acceptors (Lipinski definition) is 4. The van der Waals surface area contributed by atoms with Crippen molar-refractivity contribution in [2.75, 3.05) is 31.1 Å². The van der Waals surface area contributed by atoms with Gasteiger partial charge < -0.3 is 15.2 Å². The number of H-pyrrole nitrogens is 1. The van der Waals surface area contributed by atoms with Crippen molar-refractivity contribution in [3.05, 3.63) is 72.8 Å². The van der Waals surface area contributed by atoms with Gasteiger partial charge in [-0.1, -0.05) is 0 Å². The van der Waals surface area contributed by atoms with Gasteiger partial charge in [0.05, 0.1) is 11.2 Å². The quantitative estimate of drug-likeness (QED) is 0.450. The maximum atomic E-state index is 14.6. The first-order valence-corrected chi connectivity index (χ1v) is 10.5. The molecule has 5 heterocycles. The molecule has 0 unspecified atom stereocenters. The molecule has 160 valence electrons. The summed E-state index contributed by atoms with van der Waals surface area (Å²) in [6.07, 6.45) is 7.28. The normalized spacial score (nSPS) is 14.5. The van der Waals surface area contributed by atoms with Crippen LogP contribution in [-0.4, -0.2) is 45.8 Å². The Morgan fingerprint density at radius 3 is 2.69 bits per heavy atom. The van der Waals surface area contributed by atoms with E-state index in [9.17, 15) is 8.78 Å². The number of rotatable bonds is 3. The van der Waals surface area contributed by atoms with Crippen LogP contribution in [0.15, 0.2) is 61.2 Å². The van der Waals surface area contributed by atoms with Crippen LogP contribution in [0.3, 0.4) is 0 Å². The fourth-order valence-electron chi connectivity index (χ4n) is 4.37. The van der Waals surface area contributed by atoms with Crippen molar-refractivity contribution in [3.63, 3.8) is 0 Å². The summed E-state index contributed by atoms with van der Waals surface area (Å²) in [7, 11) is 0. The standard InChI is InChI=1S/C24H20F2N6/c25-21-11-16(12-22(23(21)26)31-7-4-27-5-8-31)17-10-19-20(14-29-24(19)28-13-17)15-2-6-32-18(9-15)1-3-30-32/h1-3,6,9-14,27H,4-5,7-8H2,(H,28,29). The van der Waals surface area contributed by atoms with Gasteiger partial charge in [0.15, 0.2) is 11.6 Å². The Hall–Kier alpha value is -3.78. The van der Waals surface area contributed by atoms with Crippen molar-refractivity contribution < 1.29 is 8.78 Å². The lowest BCUT2D eigenvalue weighted by atomic mass is 10.0. The molecule has 1 aliphatic heterocycles. The van der Waals surface area contributed by atoms with Crippen molar-refractivity contribution >= 4 is 22.2 Å².